The molecule has 1 amide bonds. The van der Waals surface area contributed by atoms with Crippen LogP contribution in [0.1, 0.15) is 31.2 Å². The molecule has 0 bridgehead atoms. The minimum Gasteiger partial charge on any atom is -0.356 e. The summed E-state index contributed by atoms with van der Waals surface area (Å²) >= 11 is 7.65. The van der Waals surface area contributed by atoms with Gasteiger partial charge < -0.3 is 10.6 Å². The van der Waals surface area contributed by atoms with Gasteiger partial charge in [0.2, 0.25) is 5.91 Å². The molecule has 1 saturated heterocycles. The first-order valence-electron chi connectivity index (χ1n) is 8.64. The summed E-state index contributed by atoms with van der Waals surface area (Å²) in [4.78, 5) is 16.7. The van der Waals surface area contributed by atoms with Crippen LogP contribution in [-0.2, 0) is 11.2 Å². The van der Waals surface area contributed by atoms with Crippen molar-refractivity contribution in [2.24, 2.45) is 11.8 Å². The first-order chi connectivity index (χ1) is 11.6. The van der Waals surface area contributed by atoms with Crippen LogP contribution < -0.4 is 10.6 Å². The highest BCUT2D eigenvalue weighted by atomic mass is 35.5. The van der Waals surface area contributed by atoms with E-state index in [0.29, 0.717) is 29.8 Å². The molecule has 0 saturated carbocycles. The van der Waals surface area contributed by atoms with E-state index in [4.69, 9.17) is 11.6 Å². The van der Waals surface area contributed by atoms with Gasteiger partial charge in [-0.25, -0.2) is 4.98 Å². The van der Waals surface area contributed by atoms with Crippen LogP contribution in [0, 0.1) is 11.8 Å². The van der Waals surface area contributed by atoms with E-state index < -0.39 is 0 Å². The zero-order valence-corrected chi connectivity index (χ0v) is 16.8. The molecule has 138 valence electrons. The van der Waals surface area contributed by atoms with Crippen LogP contribution in [0.2, 0.25) is 5.02 Å². The average molecular weight is 402 g/mol. The smallest absolute Gasteiger partial charge is 0.220 e. The number of thiazole rings is 1. The number of aromatic nitrogens is 1. The summed E-state index contributed by atoms with van der Waals surface area (Å²) in [6, 6.07) is 5.77. The van der Waals surface area contributed by atoms with E-state index in [1.54, 1.807) is 11.3 Å². The molecule has 3 rings (SSSR count). The highest BCUT2D eigenvalue weighted by molar-refractivity contribution is 7.18. The lowest BCUT2D eigenvalue weighted by Gasteiger charge is -2.28. The molecule has 0 spiro atoms. The molecule has 2 aromatic rings. The number of fused-ring (bicyclic) bond motifs is 1. The third-order valence-corrected chi connectivity index (χ3v) is 6.03. The molecule has 2 atom stereocenters. The van der Waals surface area contributed by atoms with E-state index in [1.807, 2.05) is 18.2 Å². The zero-order chi connectivity index (χ0) is 16.9. The SMILES string of the molecule is CC(CC(=O)NCCc1nc2cc(Cl)ccc2s1)C1CCCNC1.Cl. The van der Waals surface area contributed by atoms with E-state index in [2.05, 4.69) is 22.5 Å². The number of carbonyl (C=O) groups excluding carboxylic acids is 1. The van der Waals surface area contributed by atoms with Gasteiger partial charge in [-0.3, -0.25) is 4.79 Å². The maximum absolute atomic E-state index is 12.1. The first-order valence-corrected chi connectivity index (χ1v) is 9.83. The quantitative estimate of drug-likeness (QED) is 0.766. The predicted molar refractivity (Wildman–Crippen MR) is 108 cm³/mol. The number of halogens is 2. The van der Waals surface area contributed by atoms with Crippen molar-refractivity contribution in [3.63, 3.8) is 0 Å². The summed E-state index contributed by atoms with van der Waals surface area (Å²) in [7, 11) is 0. The lowest BCUT2D eigenvalue weighted by atomic mass is 9.85. The first kappa shape index (κ1) is 20.4. The summed E-state index contributed by atoms with van der Waals surface area (Å²) in [5, 5.41) is 8.21. The predicted octanol–water partition coefficient (Wildman–Crippen LogP) is 4.06. The Morgan fingerprint density at radius 1 is 1.52 bits per heavy atom. The lowest BCUT2D eigenvalue weighted by Crippen LogP contribution is -2.36. The van der Waals surface area contributed by atoms with E-state index in [0.717, 1.165) is 34.7 Å². The van der Waals surface area contributed by atoms with Crippen LogP contribution in [0.5, 0.6) is 0 Å². The standard InChI is InChI=1S/C18H24ClN3OS.ClH/c1-12(13-3-2-7-20-11-13)9-17(23)21-8-6-18-22-15-10-14(19)4-5-16(15)24-18;/h4-5,10,12-13,20H,2-3,6-9,11H2,1H3,(H,21,23);1H. The van der Waals surface area contributed by atoms with Crippen molar-refractivity contribution in [1.82, 2.24) is 15.6 Å². The highest BCUT2D eigenvalue weighted by Gasteiger charge is 2.21. The minimum absolute atomic E-state index is 0. The van der Waals surface area contributed by atoms with Gasteiger partial charge in [0.1, 0.15) is 0 Å². The van der Waals surface area contributed by atoms with Crippen LogP contribution in [-0.4, -0.2) is 30.5 Å². The second-order valence-electron chi connectivity index (χ2n) is 6.61. The molecule has 2 N–H and O–H groups in total. The second kappa shape index (κ2) is 9.72. The monoisotopic (exact) mass is 401 g/mol. The van der Waals surface area contributed by atoms with Gasteiger partial charge in [0.15, 0.2) is 0 Å². The Labute approximate surface area is 164 Å². The number of hydrogen-bond donors (Lipinski definition) is 2. The molecule has 0 aliphatic carbocycles. The molecule has 1 fully saturated rings. The Hall–Kier alpha value is -0.880. The number of amides is 1. The Morgan fingerprint density at radius 2 is 2.36 bits per heavy atom. The lowest BCUT2D eigenvalue weighted by molar-refractivity contribution is -0.122. The fourth-order valence-corrected chi connectivity index (χ4v) is 4.37. The third kappa shape index (κ3) is 5.81. The molecule has 2 unspecified atom stereocenters. The minimum atomic E-state index is 0. The van der Waals surface area contributed by atoms with Crippen LogP contribution in [0.15, 0.2) is 18.2 Å². The van der Waals surface area contributed by atoms with Crippen molar-refractivity contribution in [2.45, 2.75) is 32.6 Å². The van der Waals surface area contributed by atoms with Crippen LogP contribution in [0.25, 0.3) is 10.2 Å². The fourth-order valence-electron chi connectivity index (χ4n) is 3.26. The van der Waals surface area contributed by atoms with Gasteiger partial charge in [-0.05, 0) is 56.0 Å². The van der Waals surface area contributed by atoms with E-state index in [-0.39, 0.29) is 18.3 Å². The molecule has 4 nitrogen and oxygen atoms in total. The number of rotatable bonds is 6. The van der Waals surface area contributed by atoms with Crippen molar-refractivity contribution in [3.05, 3.63) is 28.2 Å². The Balaban J connectivity index is 0.00000225. The molecular formula is C18H25Cl2N3OS. The molecule has 0 radical (unpaired) electrons. The highest BCUT2D eigenvalue weighted by Crippen LogP contribution is 2.25. The normalized spacial score (nSPS) is 18.6. The van der Waals surface area contributed by atoms with E-state index in [1.165, 1.54) is 12.8 Å². The molecule has 2 heterocycles. The average Bonchev–Trinajstić information content (AvgIpc) is 2.97. The second-order valence-corrected chi connectivity index (χ2v) is 8.16. The van der Waals surface area contributed by atoms with Crippen LogP contribution in [0.3, 0.4) is 0 Å². The van der Waals surface area contributed by atoms with Gasteiger partial charge in [-0.2, -0.15) is 0 Å². The summed E-state index contributed by atoms with van der Waals surface area (Å²) in [5.41, 5.74) is 0.937. The Morgan fingerprint density at radius 3 is 3.12 bits per heavy atom. The number of piperidine rings is 1. The maximum atomic E-state index is 12.1. The summed E-state index contributed by atoms with van der Waals surface area (Å²) in [6.45, 7) is 4.99. The molecule has 1 aromatic heterocycles. The van der Waals surface area contributed by atoms with E-state index >= 15 is 0 Å². The number of nitrogens with zero attached hydrogens (tertiary/aromatic N) is 1. The van der Waals surface area contributed by atoms with Gasteiger partial charge in [0.05, 0.1) is 15.2 Å². The van der Waals surface area contributed by atoms with Crippen molar-refractivity contribution in [2.75, 3.05) is 19.6 Å². The van der Waals surface area contributed by atoms with Crippen molar-refractivity contribution in [1.29, 1.82) is 0 Å². The maximum Gasteiger partial charge on any atom is 0.220 e. The number of carbonyl (C=O) groups is 1. The number of hydrogen-bond acceptors (Lipinski definition) is 4. The fraction of sp³-hybridized carbons (Fsp3) is 0.556. The Kier molecular flexibility index (Phi) is 7.94. The topological polar surface area (TPSA) is 54.0 Å². The van der Waals surface area contributed by atoms with Crippen LogP contribution >= 0.6 is 35.3 Å². The number of benzene rings is 1. The van der Waals surface area contributed by atoms with Gasteiger partial charge in [0.25, 0.3) is 0 Å². The van der Waals surface area contributed by atoms with Crippen molar-refractivity contribution >= 4 is 51.5 Å². The van der Waals surface area contributed by atoms with E-state index in [9.17, 15) is 4.79 Å². The molecule has 1 aromatic carbocycles. The number of nitrogens with one attached hydrogen (secondary N) is 2. The molecular weight excluding hydrogens is 377 g/mol. The molecule has 1 aliphatic heterocycles. The van der Waals surface area contributed by atoms with Crippen LogP contribution in [0.4, 0.5) is 0 Å². The van der Waals surface area contributed by atoms with Crippen molar-refractivity contribution in [3.8, 4) is 0 Å². The molecule has 25 heavy (non-hydrogen) atoms. The molecule has 1 aliphatic rings. The van der Waals surface area contributed by atoms with Gasteiger partial charge >= 0.3 is 0 Å². The Bertz CT molecular complexity index is 701. The van der Waals surface area contributed by atoms with Crippen molar-refractivity contribution < 1.29 is 4.79 Å². The molecule has 7 heteroatoms. The van der Waals surface area contributed by atoms with Gasteiger partial charge in [-0.15, -0.1) is 23.7 Å². The summed E-state index contributed by atoms with van der Waals surface area (Å²) < 4.78 is 1.14. The van der Waals surface area contributed by atoms with Gasteiger partial charge in [-0.1, -0.05) is 18.5 Å². The summed E-state index contributed by atoms with van der Waals surface area (Å²) in [5.74, 6) is 1.21. The summed E-state index contributed by atoms with van der Waals surface area (Å²) in [6.07, 6.45) is 3.83. The zero-order valence-electron chi connectivity index (χ0n) is 14.4. The van der Waals surface area contributed by atoms with Gasteiger partial charge in [0, 0.05) is 24.4 Å². The largest absolute Gasteiger partial charge is 0.356 e. The third-order valence-electron chi connectivity index (χ3n) is 4.70.